The van der Waals surface area contributed by atoms with Crippen molar-refractivity contribution in [1.29, 1.82) is 0 Å². The van der Waals surface area contributed by atoms with Crippen molar-refractivity contribution in [2.45, 2.75) is 26.7 Å². The highest BCUT2D eigenvalue weighted by molar-refractivity contribution is 4.83. The first kappa shape index (κ1) is 8.06. The van der Waals surface area contributed by atoms with E-state index in [1.54, 1.807) is 0 Å². The summed E-state index contributed by atoms with van der Waals surface area (Å²) < 4.78 is 0. The standard InChI is InChI=1S/C9H19N/c1-7(2)9-5-4-8(9)6-10-3/h7-10H,4-6H2,1-3H3. The highest BCUT2D eigenvalue weighted by Crippen LogP contribution is 2.38. The Morgan fingerprint density at radius 3 is 2.40 bits per heavy atom. The van der Waals surface area contributed by atoms with Crippen LogP contribution in [0.3, 0.4) is 0 Å². The third kappa shape index (κ3) is 1.51. The molecule has 1 aliphatic rings. The second-order valence-corrected chi connectivity index (χ2v) is 3.80. The van der Waals surface area contributed by atoms with Gasteiger partial charge in [-0.3, -0.25) is 0 Å². The van der Waals surface area contributed by atoms with Crippen molar-refractivity contribution in [3.05, 3.63) is 0 Å². The lowest BCUT2D eigenvalue weighted by molar-refractivity contribution is 0.122. The molecule has 0 spiro atoms. The lowest BCUT2D eigenvalue weighted by atomic mass is 9.68. The molecule has 1 aliphatic carbocycles. The summed E-state index contributed by atoms with van der Waals surface area (Å²) in [5, 5.41) is 3.25. The van der Waals surface area contributed by atoms with Gasteiger partial charge in [0.15, 0.2) is 0 Å². The maximum absolute atomic E-state index is 3.25. The van der Waals surface area contributed by atoms with E-state index in [0.29, 0.717) is 0 Å². The maximum Gasteiger partial charge on any atom is -0.00208 e. The Hall–Kier alpha value is -0.0400. The summed E-state index contributed by atoms with van der Waals surface area (Å²) >= 11 is 0. The minimum Gasteiger partial charge on any atom is -0.319 e. The fraction of sp³-hybridized carbons (Fsp3) is 1.00. The zero-order valence-corrected chi connectivity index (χ0v) is 7.35. The molecular weight excluding hydrogens is 122 g/mol. The topological polar surface area (TPSA) is 12.0 Å². The summed E-state index contributed by atoms with van der Waals surface area (Å²) in [6.07, 6.45) is 2.91. The van der Waals surface area contributed by atoms with Crippen LogP contribution in [0.15, 0.2) is 0 Å². The number of nitrogens with one attached hydrogen (secondary N) is 1. The van der Waals surface area contributed by atoms with Crippen LogP contribution in [0.25, 0.3) is 0 Å². The lowest BCUT2D eigenvalue weighted by Crippen LogP contribution is -2.36. The van der Waals surface area contributed by atoms with E-state index in [9.17, 15) is 0 Å². The van der Waals surface area contributed by atoms with Gasteiger partial charge in [0.25, 0.3) is 0 Å². The highest BCUT2D eigenvalue weighted by atomic mass is 14.8. The summed E-state index contributed by atoms with van der Waals surface area (Å²) in [5.74, 6) is 2.88. The molecule has 1 saturated carbocycles. The Morgan fingerprint density at radius 2 is 2.10 bits per heavy atom. The van der Waals surface area contributed by atoms with E-state index < -0.39 is 0 Å². The predicted octanol–water partition coefficient (Wildman–Crippen LogP) is 1.89. The van der Waals surface area contributed by atoms with Gasteiger partial charge >= 0.3 is 0 Å². The van der Waals surface area contributed by atoms with E-state index in [0.717, 1.165) is 17.8 Å². The van der Waals surface area contributed by atoms with Crippen molar-refractivity contribution in [1.82, 2.24) is 5.32 Å². The van der Waals surface area contributed by atoms with Gasteiger partial charge in [-0.05, 0) is 44.2 Å². The van der Waals surface area contributed by atoms with Crippen LogP contribution in [0.1, 0.15) is 26.7 Å². The average Bonchev–Trinajstić information content (AvgIpc) is 1.78. The molecule has 1 N–H and O–H groups in total. The normalized spacial score (nSPS) is 32.4. The maximum atomic E-state index is 3.25. The molecule has 1 rings (SSSR count). The minimum atomic E-state index is 0.895. The first-order valence-electron chi connectivity index (χ1n) is 4.40. The van der Waals surface area contributed by atoms with Gasteiger partial charge in [0.2, 0.25) is 0 Å². The second-order valence-electron chi connectivity index (χ2n) is 3.80. The Bertz CT molecular complexity index is 98.9. The first-order chi connectivity index (χ1) is 4.75. The third-order valence-electron chi connectivity index (χ3n) is 2.80. The molecule has 0 bridgehead atoms. The quantitative estimate of drug-likeness (QED) is 0.633. The molecule has 0 aromatic carbocycles. The van der Waals surface area contributed by atoms with Gasteiger partial charge in [0.05, 0.1) is 0 Å². The van der Waals surface area contributed by atoms with E-state index in [-0.39, 0.29) is 0 Å². The highest BCUT2D eigenvalue weighted by Gasteiger charge is 2.31. The zero-order valence-electron chi connectivity index (χ0n) is 7.35. The van der Waals surface area contributed by atoms with Gasteiger partial charge < -0.3 is 5.32 Å². The second kappa shape index (κ2) is 3.38. The lowest BCUT2D eigenvalue weighted by Gasteiger charge is -2.39. The molecule has 1 fully saturated rings. The van der Waals surface area contributed by atoms with E-state index in [1.165, 1.54) is 19.4 Å². The van der Waals surface area contributed by atoms with Gasteiger partial charge in [-0.1, -0.05) is 13.8 Å². The Kier molecular flexibility index (Phi) is 2.72. The molecule has 2 unspecified atom stereocenters. The summed E-state index contributed by atoms with van der Waals surface area (Å²) in [6.45, 7) is 5.90. The average molecular weight is 141 g/mol. The summed E-state index contributed by atoms with van der Waals surface area (Å²) in [4.78, 5) is 0. The van der Waals surface area contributed by atoms with E-state index in [2.05, 4.69) is 26.2 Å². The van der Waals surface area contributed by atoms with Crippen molar-refractivity contribution >= 4 is 0 Å². The molecule has 0 heterocycles. The number of hydrogen-bond acceptors (Lipinski definition) is 1. The molecule has 0 amide bonds. The molecular formula is C9H19N. The van der Waals surface area contributed by atoms with Crippen molar-refractivity contribution < 1.29 is 0 Å². The molecule has 2 atom stereocenters. The number of rotatable bonds is 3. The van der Waals surface area contributed by atoms with Crippen molar-refractivity contribution in [3.63, 3.8) is 0 Å². The zero-order chi connectivity index (χ0) is 7.56. The van der Waals surface area contributed by atoms with Crippen molar-refractivity contribution in [3.8, 4) is 0 Å². The first-order valence-corrected chi connectivity index (χ1v) is 4.40. The summed E-state index contributed by atoms with van der Waals surface area (Å²) in [6, 6.07) is 0. The molecule has 1 nitrogen and oxygen atoms in total. The van der Waals surface area contributed by atoms with Gasteiger partial charge in [-0.15, -0.1) is 0 Å². The molecule has 0 aromatic rings. The summed E-state index contributed by atoms with van der Waals surface area (Å²) in [5.41, 5.74) is 0. The fourth-order valence-electron chi connectivity index (χ4n) is 1.99. The van der Waals surface area contributed by atoms with E-state index in [4.69, 9.17) is 0 Å². The van der Waals surface area contributed by atoms with Crippen molar-refractivity contribution in [2.75, 3.05) is 13.6 Å². The van der Waals surface area contributed by atoms with Crippen LogP contribution in [0, 0.1) is 17.8 Å². The monoisotopic (exact) mass is 141 g/mol. The van der Waals surface area contributed by atoms with Crippen LogP contribution < -0.4 is 5.32 Å². The van der Waals surface area contributed by atoms with Crippen LogP contribution in [-0.2, 0) is 0 Å². The Morgan fingerprint density at radius 1 is 1.40 bits per heavy atom. The van der Waals surface area contributed by atoms with Crippen LogP contribution >= 0.6 is 0 Å². The molecule has 10 heavy (non-hydrogen) atoms. The van der Waals surface area contributed by atoms with E-state index >= 15 is 0 Å². The largest absolute Gasteiger partial charge is 0.319 e. The Labute approximate surface area is 64.2 Å². The van der Waals surface area contributed by atoms with Gasteiger partial charge in [0.1, 0.15) is 0 Å². The van der Waals surface area contributed by atoms with Crippen LogP contribution in [-0.4, -0.2) is 13.6 Å². The Balaban J connectivity index is 2.22. The molecule has 1 heteroatoms. The van der Waals surface area contributed by atoms with Crippen LogP contribution in [0.4, 0.5) is 0 Å². The van der Waals surface area contributed by atoms with Gasteiger partial charge in [-0.2, -0.15) is 0 Å². The number of hydrogen-bond donors (Lipinski definition) is 1. The molecule has 0 saturated heterocycles. The van der Waals surface area contributed by atoms with Crippen LogP contribution in [0.5, 0.6) is 0 Å². The SMILES string of the molecule is CNCC1CCC1C(C)C. The molecule has 60 valence electrons. The predicted molar refractivity (Wildman–Crippen MR) is 45.0 cm³/mol. The summed E-state index contributed by atoms with van der Waals surface area (Å²) in [7, 11) is 2.05. The third-order valence-corrected chi connectivity index (χ3v) is 2.80. The smallest absolute Gasteiger partial charge is 0.00208 e. The van der Waals surface area contributed by atoms with Gasteiger partial charge in [0, 0.05) is 0 Å². The van der Waals surface area contributed by atoms with Gasteiger partial charge in [-0.25, -0.2) is 0 Å². The molecule has 0 aromatic heterocycles. The fourth-order valence-corrected chi connectivity index (χ4v) is 1.99. The molecule has 0 radical (unpaired) electrons. The van der Waals surface area contributed by atoms with Crippen LogP contribution in [0.2, 0.25) is 0 Å². The van der Waals surface area contributed by atoms with E-state index in [1.807, 2.05) is 0 Å². The molecule has 0 aliphatic heterocycles. The van der Waals surface area contributed by atoms with Crippen molar-refractivity contribution in [2.24, 2.45) is 17.8 Å². The minimum absolute atomic E-state index is 0.895.